The predicted molar refractivity (Wildman–Crippen MR) is 35.9 cm³/mol. The topological polar surface area (TPSA) is 18.5 Å². The Morgan fingerprint density at radius 1 is 1.44 bits per heavy atom. The van der Waals surface area contributed by atoms with Crippen molar-refractivity contribution in [3.8, 4) is 12.3 Å². The third-order valence-electron chi connectivity index (χ3n) is 0.762. The van der Waals surface area contributed by atoms with Crippen LogP contribution in [0, 0.1) is 12.3 Å². The van der Waals surface area contributed by atoms with E-state index in [4.69, 9.17) is 15.9 Å². The zero-order valence-corrected chi connectivity index (χ0v) is 5.72. The number of hydrogen-bond acceptors (Lipinski definition) is 2. The van der Waals surface area contributed by atoms with Gasteiger partial charge in [0.25, 0.3) is 0 Å². The maximum atomic E-state index is 4.97. The van der Waals surface area contributed by atoms with Crippen LogP contribution in [-0.2, 0) is 9.47 Å². The highest BCUT2D eigenvalue weighted by Crippen LogP contribution is 1.80. The van der Waals surface area contributed by atoms with Crippen molar-refractivity contribution < 1.29 is 9.47 Å². The Kier molecular flexibility index (Phi) is 7.05. The Bertz CT molecular complexity index is 83.4. The summed E-state index contributed by atoms with van der Waals surface area (Å²) in [5.74, 6) is 2.46. The van der Waals surface area contributed by atoms with E-state index in [1.54, 1.807) is 0 Å². The van der Waals surface area contributed by atoms with Gasteiger partial charge in [-0.15, -0.1) is 12.3 Å². The van der Waals surface area contributed by atoms with E-state index in [9.17, 15) is 0 Å². The Balaban J connectivity index is 2.69. The van der Waals surface area contributed by atoms with Crippen molar-refractivity contribution in [2.24, 2.45) is 0 Å². The molecule has 0 aliphatic carbocycles. The van der Waals surface area contributed by atoms with Crippen LogP contribution in [0.2, 0.25) is 0 Å². The molecule has 0 bridgehead atoms. The molecule has 0 radical (unpaired) electrons. The smallest absolute Gasteiger partial charge is 0.146 e. The van der Waals surface area contributed by atoms with Crippen molar-refractivity contribution in [1.82, 2.24) is 0 Å². The molecule has 0 amide bonds. The highest BCUT2D eigenvalue weighted by Gasteiger charge is 1.82. The molecule has 2 nitrogen and oxygen atoms in total. The molecule has 0 N–H and O–H groups in total. The summed E-state index contributed by atoms with van der Waals surface area (Å²) in [5.41, 5.74) is 0. The van der Waals surface area contributed by atoms with Crippen molar-refractivity contribution >= 4 is 0 Å². The van der Waals surface area contributed by atoms with Gasteiger partial charge in [0.15, 0.2) is 0 Å². The molecule has 0 atom stereocenters. The molecule has 0 aromatic rings. The van der Waals surface area contributed by atoms with Gasteiger partial charge in [-0.25, -0.2) is 0 Å². The summed E-state index contributed by atoms with van der Waals surface area (Å²) in [6, 6.07) is 0. The molecule has 0 saturated carbocycles. The molecule has 0 rings (SSSR count). The van der Waals surface area contributed by atoms with Crippen molar-refractivity contribution in [2.45, 2.75) is 13.3 Å². The van der Waals surface area contributed by atoms with Gasteiger partial charge in [-0.05, 0) is 6.92 Å². The van der Waals surface area contributed by atoms with Crippen LogP contribution < -0.4 is 0 Å². The summed E-state index contributed by atoms with van der Waals surface area (Å²) < 4.78 is 9.84. The number of terminal acetylenes is 1. The highest BCUT2D eigenvalue weighted by molar-refractivity contribution is 4.82. The fourth-order valence-corrected chi connectivity index (χ4v) is 0.332. The first-order chi connectivity index (χ1) is 4.41. The zero-order chi connectivity index (χ0) is 6.95. The summed E-state index contributed by atoms with van der Waals surface area (Å²) in [7, 11) is 0. The molecule has 0 aliphatic rings. The summed E-state index contributed by atoms with van der Waals surface area (Å²) in [6.45, 7) is 3.56. The lowest BCUT2D eigenvalue weighted by molar-refractivity contribution is -0.0472. The van der Waals surface area contributed by atoms with Gasteiger partial charge in [0, 0.05) is 13.0 Å². The van der Waals surface area contributed by atoms with Crippen molar-refractivity contribution in [3.63, 3.8) is 0 Å². The second-order valence-electron chi connectivity index (χ2n) is 1.47. The van der Waals surface area contributed by atoms with Gasteiger partial charge in [-0.3, -0.25) is 0 Å². The van der Waals surface area contributed by atoms with E-state index in [2.05, 4.69) is 5.92 Å². The summed E-state index contributed by atoms with van der Waals surface area (Å²) in [4.78, 5) is 0. The molecule has 0 fully saturated rings. The molecular weight excluding hydrogens is 116 g/mol. The van der Waals surface area contributed by atoms with Crippen LogP contribution in [0.1, 0.15) is 13.3 Å². The monoisotopic (exact) mass is 128 g/mol. The first-order valence-corrected chi connectivity index (χ1v) is 3.00. The van der Waals surface area contributed by atoms with E-state index in [1.165, 1.54) is 0 Å². The van der Waals surface area contributed by atoms with Crippen LogP contribution in [0.4, 0.5) is 0 Å². The molecule has 9 heavy (non-hydrogen) atoms. The number of ether oxygens (including phenoxy) is 2. The maximum absolute atomic E-state index is 4.97. The summed E-state index contributed by atoms with van der Waals surface area (Å²) in [6.07, 6.45) is 5.63. The molecule has 2 heteroatoms. The average Bonchev–Trinajstić information content (AvgIpc) is 1.89. The first kappa shape index (κ1) is 8.48. The van der Waals surface area contributed by atoms with Crippen LogP contribution in [0.3, 0.4) is 0 Å². The lowest BCUT2D eigenvalue weighted by atomic mass is 10.5. The van der Waals surface area contributed by atoms with E-state index in [0.717, 1.165) is 0 Å². The third kappa shape index (κ3) is 7.48. The molecule has 52 valence electrons. The second kappa shape index (κ2) is 7.48. The van der Waals surface area contributed by atoms with Gasteiger partial charge < -0.3 is 9.47 Å². The Labute approximate surface area is 56.2 Å². The van der Waals surface area contributed by atoms with Crippen molar-refractivity contribution in [2.75, 3.05) is 20.0 Å². The molecule has 0 aliphatic heterocycles. The number of hydrogen-bond donors (Lipinski definition) is 0. The molecule has 0 aromatic carbocycles. The van der Waals surface area contributed by atoms with Gasteiger partial charge >= 0.3 is 0 Å². The third-order valence-corrected chi connectivity index (χ3v) is 0.762. The van der Waals surface area contributed by atoms with Crippen LogP contribution in [0.25, 0.3) is 0 Å². The van der Waals surface area contributed by atoms with E-state index in [-0.39, 0.29) is 0 Å². The minimum absolute atomic E-state index is 0.359. The Morgan fingerprint density at radius 2 is 2.22 bits per heavy atom. The first-order valence-electron chi connectivity index (χ1n) is 3.00. The molecule has 0 heterocycles. The van der Waals surface area contributed by atoms with Crippen molar-refractivity contribution in [3.05, 3.63) is 0 Å². The van der Waals surface area contributed by atoms with E-state index in [1.807, 2.05) is 6.92 Å². The van der Waals surface area contributed by atoms with E-state index >= 15 is 0 Å². The van der Waals surface area contributed by atoms with Gasteiger partial charge in [0.1, 0.15) is 6.79 Å². The molecule has 0 unspecified atom stereocenters. The molecule has 0 aromatic heterocycles. The normalized spacial score (nSPS) is 8.89. The fraction of sp³-hybridized carbons (Fsp3) is 0.714. The summed E-state index contributed by atoms with van der Waals surface area (Å²) >= 11 is 0. The minimum atomic E-state index is 0.359. The van der Waals surface area contributed by atoms with Crippen LogP contribution in [0.15, 0.2) is 0 Å². The zero-order valence-electron chi connectivity index (χ0n) is 5.72. The van der Waals surface area contributed by atoms with Crippen molar-refractivity contribution in [1.29, 1.82) is 0 Å². The molecular formula is C7H12O2. The van der Waals surface area contributed by atoms with Crippen LogP contribution in [0.5, 0.6) is 0 Å². The Morgan fingerprint density at radius 3 is 2.78 bits per heavy atom. The highest BCUT2D eigenvalue weighted by atomic mass is 16.7. The van der Waals surface area contributed by atoms with Gasteiger partial charge in [0.2, 0.25) is 0 Å². The lowest BCUT2D eigenvalue weighted by Gasteiger charge is -1.99. The fourth-order valence-electron chi connectivity index (χ4n) is 0.332. The second-order valence-corrected chi connectivity index (χ2v) is 1.47. The lowest BCUT2D eigenvalue weighted by Crippen LogP contribution is -1.99. The van der Waals surface area contributed by atoms with Crippen LogP contribution in [-0.4, -0.2) is 20.0 Å². The van der Waals surface area contributed by atoms with Crippen LogP contribution >= 0.6 is 0 Å². The maximum Gasteiger partial charge on any atom is 0.146 e. The standard InChI is InChI=1S/C7H12O2/c1-3-5-6-9-7-8-4-2/h1H,4-7H2,2H3. The van der Waals surface area contributed by atoms with Gasteiger partial charge in [-0.1, -0.05) is 0 Å². The number of rotatable bonds is 5. The predicted octanol–water partition coefficient (Wildman–Crippen LogP) is 1.02. The summed E-state index contributed by atoms with van der Waals surface area (Å²) in [5, 5.41) is 0. The SMILES string of the molecule is C#CCCOCOCC. The average molecular weight is 128 g/mol. The van der Waals surface area contributed by atoms with E-state index in [0.29, 0.717) is 26.4 Å². The van der Waals surface area contributed by atoms with Gasteiger partial charge in [-0.2, -0.15) is 0 Å². The molecule has 0 saturated heterocycles. The van der Waals surface area contributed by atoms with Gasteiger partial charge in [0.05, 0.1) is 6.61 Å². The quantitative estimate of drug-likeness (QED) is 0.312. The largest absolute Gasteiger partial charge is 0.356 e. The minimum Gasteiger partial charge on any atom is -0.356 e. The Hall–Kier alpha value is -0.520. The molecule has 0 spiro atoms. The van der Waals surface area contributed by atoms with E-state index < -0.39 is 0 Å².